The first-order valence-electron chi connectivity index (χ1n) is 6.34. The molecule has 0 spiro atoms. The smallest absolute Gasteiger partial charge is 0.275 e. The molecule has 0 unspecified atom stereocenters. The number of hydrogen-bond donors (Lipinski definition) is 2. The molecule has 0 saturated heterocycles. The van der Waals surface area contributed by atoms with Crippen LogP contribution in [-0.4, -0.2) is 15.0 Å². The van der Waals surface area contributed by atoms with Crippen molar-refractivity contribution in [3.63, 3.8) is 0 Å². The summed E-state index contributed by atoms with van der Waals surface area (Å²) < 4.78 is 0. The minimum atomic E-state index is -0.0775. The van der Waals surface area contributed by atoms with Gasteiger partial charge in [0.05, 0.1) is 11.8 Å². The highest BCUT2D eigenvalue weighted by Crippen LogP contribution is 2.41. The summed E-state index contributed by atoms with van der Waals surface area (Å²) in [4.78, 5) is 21.6. The summed E-state index contributed by atoms with van der Waals surface area (Å²) in [6.07, 6.45) is 8.48. The second-order valence-electron chi connectivity index (χ2n) is 4.98. The number of hydrogen-bond acceptors (Lipinski definition) is 2. The van der Waals surface area contributed by atoms with Gasteiger partial charge in [0.25, 0.3) is 5.56 Å². The van der Waals surface area contributed by atoms with Gasteiger partial charge in [-0.2, -0.15) is 0 Å². The lowest BCUT2D eigenvalue weighted by atomic mass is 9.97. The van der Waals surface area contributed by atoms with E-state index in [1.807, 2.05) is 6.20 Å². The Morgan fingerprint density at radius 1 is 1.41 bits per heavy atom. The topological polar surface area (TPSA) is 61.5 Å². The third kappa shape index (κ3) is 1.68. The molecule has 3 rings (SSSR count). The molecule has 4 nitrogen and oxygen atoms in total. The van der Waals surface area contributed by atoms with Crippen LogP contribution in [0.3, 0.4) is 0 Å². The highest BCUT2D eigenvalue weighted by molar-refractivity contribution is 5.78. The largest absolute Gasteiger partial charge is 0.355 e. The molecule has 1 fully saturated rings. The lowest BCUT2D eigenvalue weighted by molar-refractivity contribution is 0.521. The number of H-pyrrole nitrogens is 2. The Balaban J connectivity index is 2.02. The van der Waals surface area contributed by atoms with E-state index in [2.05, 4.69) is 21.9 Å². The molecule has 1 saturated carbocycles. The van der Waals surface area contributed by atoms with Gasteiger partial charge in [-0.3, -0.25) is 4.79 Å². The first kappa shape index (κ1) is 10.6. The zero-order valence-electron chi connectivity index (χ0n) is 9.99. The number of aromatic amines is 2. The zero-order chi connectivity index (χ0) is 11.8. The number of nitrogens with zero attached hydrogens (tertiary/aromatic N) is 1. The van der Waals surface area contributed by atoms with Gasteiger partial charge in [0, 0.05) is 6.20 Å². The lowest BCUT2D eigenvalue weighted by Crippen LogP contribution is -2.06. The van der Waals surface area contributed by atoms with Crippen molar-refractivity contribution >= 4 is 11.0 Å². The molecular weight excluding hydrogens is 214 g/mol. The molecule has 1 aliphatic carbocycles. The highest BCUT2D eigenvalue weighted by Gasteiger charge is 2.27. The van der Waals surface area contributed by atoms with E-state index in [-0.39, 0.29) is 5.56 Å². The van der Waals surface area contributed by atoms with E-state index in [1.165, 1.54) is 37.6 Å². The number of rotatable bonds is 2. The summed E-state index contributed by atoms with van der Waals surface area (Å²) >= 11 is 0. The standard InChI is InChI=1S/C13H17N3O/c1-2-8-3-4-9(5-8)10-6-14-12-11(10)15-7-16-13(12)17/h6-9,14H,2-5H2,1H3,(H,15,16,17)/t8-,9+/m1/s1. The zero-order valence-corrected chi connectivity index (χ0v) is 9.99. The van der Waals surface area contributed by atoms with E-state index in [1.54, 1.807) is 0 Å². The Morgan fingerprint density at radius 2 is 2.29 bits per heavy atom. The molecule has 2 atom stereocenters. The fourth-order valence-corrected chi connectivity index (χ4v) is 3.01. The molecule has 0 amide bonds. The van der Waals surface area contributed by atoms with Gasteiger partial charge in [0.2, 0.25) is 0 Å². The molecule has 2 aromatic heterocycles. The van der Waals surface area contributed by atoms with Crippen LogP contribution in [0.4, 0.5) is 0 Å². The molecule has 2 aromatic rings. The predicted molar refractivity (Wildman–Crippen MR) is 67.1 cm³/mol. The van der Waals surface area contributed by atoms with Gasteiger partial charge in [-0.05, 0) is 36.7 Å². The van der Waals surface area contributed by atoms with Crippen LogP contribution in [0.15, 0.2) is 17.3 Å². The van der Waals surface area contributed by atoms with Crippen molar-refractivity contribution in [1.29, 1.82) is 0 Å². The summed E-state index contributed by atoms with van der Waals surface area (Å²) in [7, 11) is 0. The van der Waals surface area contributed by atoms with Gasteiger partial charge in [-0.25, -0.2) is 4.98 Å². The monoisotopic (exact) mass is 231 g/mol. The summed E-state index contributed by atoms with van der Waals surface area (Å²) in [5.41, 5.74) is 2.62. The maximum Gasteiger partial charge on any atom is 0.275 e. The molecular formula is C13H17N3O. The molecule has 0 bridgehead atoms. The van der Waals surface area contributed by atoms with Crippen LogP contribution >= 0.6 is 0 Å². The van der Waals surface area contributed by atoms with Crippen LogP contribution in [-0.2, 0) is 0 Å². The normalized spacial score (nSPS) is 24.5. The Morgan fingerprint density at radius 3 is 3.06 bits per heavy atom. The maximum atomic E-state index is 11.6. The Hall–Kier alpha value is -1.58. The molecule has 4 heteroatoms. The SMILES string of the molecule is CC[C@@H]1CC[C@H](c2c[nH]c3c(=O)[nH]cnc23)C1. The fourth-order valence-electron chi connectivity index (χ4n) is 3.01. The van der Waals surface area contributed by atoms with E-state index in [0.717, 1.165) is 11.4 Å². The predicted octanol–water partition coefficient (Wildman–Crippen LogP) is 2.54. The van der Waals surface area contributed by atoms with Gasteiger partial charge in [0.15, 0.2) is 0 Å². The molecule has 1 aliphatic rings. The first-order chi connectivity index (χ1) is 8.29. The lowest BCUT2D eigenvalue weighted by Gasteiger charge is -2.08. The number of fused-ring (bicyclic) bond motifs is 1. The van der Waals surface area contributed by atoms with Gasteiger partial charge < -0.3 is 9.97 Å². The second kappa shape index (κ2) is 4.02. The van der Waals surface area contributed by atoms with Crippen molar-refractivity contribution in [2.24, 2.45) is 5.92 Å². The van der Waals surface area contributed by atoms with Crippen LogP contribution in [0.5, 0.6) is 0 Å². The van der Waals surface area contributed by atoms with Gasteiger partial charge in [0.1, 0.15) is 5.52 Å². The van der Waals surface area contributed by atoms with Crippen molar-refractivity contribution in [3.8, 4) is 0 Å². The average Bonchev–Trinajstić information content (AvgIpc) is 2.94. The van der Waals surface area contributed by atoms with Crippen LogP contribution in [0.2, 0.25) is 0 Å². The minimum absolute atomic E-state index is 0.0775. The first-order valence-corrected chi connectivity index (χ1v) is 6.34. The molecule has 2 N–H and O–H groups in total. The quantitative estimate of drug-likeness (QED) is 0.834. The Labute approximate surface area is 99.5 Å². The molecule has 0 aromatic carbocycles. The van der Waals surface area contributed by atoms with Crippen molar-refractivity contribution in [2.75, 3.05) is 0 Å². The number of nitrogens with one attached hydrogen (secondary N) is 2. The number of aromatic nitrogens is 3. The molecule has 0 radical (unpaired) electrons. The van der Waals surface area contributed by atoms with Crippen LogP contribution in [0.1, 0.15) is 44.1 Å². The van der Waals surface area contributed by atoms with Crippen LogP contribution in [0, 0.1) is 5.92 Å². The van der Waals surface area contributed by atoms with Crippen molar-refractivity contribution in [3.05, 3.63) is 28.4 Å². The minimum Gasteiger partial charge on any atom is -0.355 e. The summed E-state index contributed by atoms with van der Waals surface area (Å²) in [5.74, 6) is 1.41. The fraction of sp³-hybridized carbons (Fsp3) is 0.538. The van der Waals surface area contributed by atoms with Gasteiger partial charge >= 0.3 is 0 Å². The van der Waals surface area contributed by atoms with Crippen LogP contribution < -0.4 is 5.56 Å². The average molecular weight is 231 g/mol. The third-order valence-electron chi connectivity index (χ3n) is 4.06. The molecule has 2 heterocycles. The van der Waals surface area contributed by atoms with Crippen molar-refractivity contribution in [1.82, 2.24) is 15.0 Å². The molecule has 90 valence electrons. The Bertz CT molecular complexity index is 584. The highest BCUT2D eigenvalue weighted by atomic mass is 16.1. The second-order valence-corrected chi connectivity index (χ2v) is 4.98. The summed E-state index contributed by atoms with van der Waals surface area (Å²) in [6, 6.07) is 0. The van der Waals surface area contributed by atoms with Crippen molar-refractivity contribution in [2.45, 2.75) is 38.5 Å². The molecule has 0 aliphatic heterocycles. The van der Waals surface area contributed by atoms with Crippen LogP contribution in [0.25, 0.3) is 11.0 Å². The third-order valence-corrected chi connectivity index (χ3v) is 4.06. The van der Waals surface area contributed by atoms with Gasteiger partial charge in [-0.15, -0.1) is 0 Å². The van der Waals surface area contributed by atoms with E-state index in [0.29, 0.717) is 11.4 Å². The van der Waals surface area contributed by atoms with E-state index in [9.17, 15) is 4.79 Å². The maximum absolute atomic E-state index is 11.6. The van der Waals surface area contributed by atoms with E-state index >= 15 is 0 Å². The summed E-state index contributed by atoms with van der Waals surface area (Å²) in [5, 5.41) is 0. The van der Waals surface area contributed by atoms with E-state index in [4.69, 9.17) is 0 Å². The van der Waals surface area contributed by atoms with Gasteiger partial charge in [-0.1, -0.05) is 13.3 Å². The van der Waals surface area contributed by atoms with Crippen molar-refractivity contribution < 1.29 is 0 Å². The Kier molecular flexibility index (Phi) is 2.50. The van der Waals surface area contributed by atoms with E-state index < -0.39 is 0 Å². The molecule has 17 heavy (non-hydrogen) atoms. The summed E-state index contributed by atoms with van der Waals surface area (Å²) in [6.45, 7) is 2.26.